The number of piperidine rings is 1. The van der Waals surface area contributed by atoms with E-state index < -0.39 is 10.0 Å². The van der Waals surface area contributed by atoms with Crippen LogP contribution in [0, 0.1) is 0 Å². The normalized spacial score (nSPS) is 14.6. The Labute approximate surface area is 203 Å². The van der Waals surface area contributed by atoms with Crippen molar-refractivity contribution in [3.63, 3.8) is 0 Å². The zero-order valence-corrected chi connectivity index (χ0v) is 20.1. The van der Waals surface area contributed by atoms with Gasteiger partial charge in [0.25, 0.3) is 11.5 Å². The van der Waals surface area contributed by atoms with Crippen LogP contribution in [0.25, 0.3) is 11.3 Å². The van der Waals surface area contributed by atoms with Gasteiger partial charge < -0.3 is 5.32 Å². The molecule has 1 N–H and O–H groups in total. The molecule has 1 aromatic heterocycles. The summed E-state index contributed by atoms with van der Waals surface area (Å²) in [7, 11) is -3.54. The third-order valence-corrected chi connectivity index (χ3v) is 7.85. The third-order valence-electron chi connectivity index (χ3n) is 5.69. The van der Waals surface area contributed by atoms with Crippen molar-refractivity contribution in [3.8, 4) is 11.3 Å². The first-order valence-corrected chi connectivity index (χ1v) is 12.9. The summed E-state index contributed by atoms with van der Waals surface area (Å²) in [4.78, 5) is 24.9. The Kier molecular flexibility index (Phi) is 7.45. The average molecular weight is 501 g/mol. The molecule has 1 aliphatic heterocycles. The number of benzene rings is 2. The Hall–Kier alpha value is -3.01. The molecule has 0 atom stereocenters. The molecule has 3 aromatic rings. The van der Waals surface area contributed by atoms with Gasteiger partial charge in [0.2, 0.25) is 10.0 Å². The van der Waals surface area contributed by atoms with Gasteiger partial charge in [-0.3, -0.25) is 9.59 Å². The van der Waals surface area contributed by atoms with Gasteiger partial charge in [0, 0.05) is 41.9 Å². The smallest absolute Gasteiger partial charge is 0.266 e. The van der Waals surface area contributed by atoms with Gasteiger partial charge >= 0.3 is 0 Å². The summed E-state index contributed by atoms with van der Waals surface area (Å²) in [6, 6.07) is 16.1. The largest absolute Gasteiger partial charge is 0.350 e. The lowest BCUT2D eigenvalue weighted by molar-refractivity contribution is 0.0951. The van der Waals surface area contributed by atoms with Gasteiger partial charge in [0.1, 0.15) is 0 Å². The molecular weight excluding hydrogens is 476 g/mol. The zero-order chi connectivity index (χ0) is 24.1. The molecule has 2 heterocycles. The number of halogens is 1. The molecule has 4 rings (SSSR count). The number of amides is 1. The number of hydrogen-bond donors (Lipinski definition) is 1. The first kappa shape index (κ1) is 24.1. The molecule has 10 heteroatoms. The van der Waals surface area contributed by atoms with Crippen molar-refractivity contribution in [3.05, 3.63) is 81.6 Å². The van der Waals surface area contributed by atoms with E-state index in [1.807, 2.05) is 12.1 Å². The molecule has 1 saturated heterocycles. The molecule has 178 valence electrons. The molecule has 1 amide bonds. The number of carbonyl (C=O) groups excluding carboxylic acids is 1. The lowest BCUT2D eigenvalue weighted by atomic mass is 10.1. The van der Waals surface area contributed by atoms with Crippen LogP contribution in [0.2, 0.25) is 5.02 Å². The highest BCUT2D eigenvalue weighted by Gasteiger charge is 2.25. The number of sulfonamides is 1. The molecule has 0 aliphatic carbocycles. The van der Waals surface area contributed by atoms with Crippen molar-refractivity contribution in [2.75, 3.05) is 19.6 Å². The van der Waals surface area contributed by atoms with Crippen molar-refractivity contribution in [1.29, 1.82) is 0 Å². The molecule has 0 saturated carbocycles. The van der Waals surface area contributed by atoms with Gasteiger partial charge in [-0.25, -0.2) is 13.1 Å². The van der Waals surface area contributed by atoms with Crippen molar-refractivity contribution in [2.45, 2.75) is 30.7 Å². The summed E-state index contributed by atoms with van der Waals surface area (Å²) in [6.07, 6.45) is 2.76. The van der Waals surface area contributed by atoms with E-state index >= 15 is 0 Å². The number of aromatic nitrogens is 2. The van der Waals surface area contributed by atoms with Crippen LogP contribution in [-0.4, -0.2) is 48.0 Å². The van der Waals surface area contributed by atoms with Gasteiger partial charge in [0.05, 0.1) is 17.1 Å². The minimum Gasteiger partial charge on any atom is -0.350 e. The molecule has 34 heavy (non-hydrogen) atoms. The fraction of sp³-hybridized carbons (Fsp3) is 0.292. The number of nitrogens with zero attached hydrogens (tertiary/aromatic N) is 3. The van der Waals surface area contributed by atoms with Crippen molar-refractivity contribution < 1.29 is 13.2 Å². The van der Waals surface area contributed by atoms with Crippen LogP contribution in [-0.2, 0) is 16.6 Å². The summed E-state index contributed by atoms with van der Waals surface area (Å²) in [6.45, 7) is 1.42. The lowest BCUT2D eigenvalue weighted by Crippen LogP contribution is -2.35. The summed E-state index contributed by atoms with van der Waals surface area (Å²) in [5.74, 6) is -0.358. The standard InChI is InChI=1S/C24H25ClN4O4S/c25-20-8-4-18(5-9-20)22-12-13-23(30)29(27-22)17-14-26-24(31)19-6-10-21(11-7-19)34(32,33)28-15-2-1-3-16-28/h4-13H,1-3,14-17H2,(H,26,31). The first-order chi connectivity index (χ1) is 16.3. The molecular formula is C24H25ClN4O4S. The Balaban J connectivity index is 1.37. The molecule has 0 bridgehead atoms. The van der Waals surface area contributed by atoms with E-state index in [2.05, 4.69) is 10.4 Å². The monoisotopic (exact) mass is 500 g/mol. The topological polar surface area (TPSA) is 101 Å². The molecule has 0 unspecified atom stereocenters. The maximum absolute atomic E-state index is 12.8. The Morgan fingerprint density at radius 3 is 2.29 bits per heavy atom. The first-order valence-electron chi connectivity index (χ1n) is 11.1. The second-order valence-corrected chi connectivity index (χ2v) is 10.4. The SMILES string of the molecule is O=C(NCCn1nc(-c2ccc(Cl)cc2)ccc1=O)c1ccc(S(=O)(=O)N2CCCCC2)cc1. The number of rotatable bonds is 7. The second-order valence-electron chi connectivity index (χ2n) is 8.03. The number of nitrogens with one attached hydrogen (secondary N) is 1. The van der Waals surface area contributed by atoms with E-state index in [4.69, 9.17) is 11.6 Å². The highest BCUT2D eigenvalue weighted by molar-refractivity contribution is 7.89. The van der Waals surface area contributed by atoms with E-state index in [1.165, 1.54) is 39.3 Å². The summed E-state index contributed by atoms with van der Waals surface area (Å²) in [5, 5.41) is 7.72. The molecule has 1 fully saturated rings. The Bertz CT molecular complexity index is 1320. The molecule has 2 aromatic carbocycles. The van der Waals surface area contributed by atoms with Gasteiger partial charge in [-0.1, -0.05) is 30.2 Å². The van der Waals surface area contributed by atoms with Gasteiger partial charge in [-0.05, 0) is 55.3 Å². The van der Waals surface area contributed by atoms with Crippen LogP contribution in [0.15, 0.2) is 70.4 Å². The zero-order valence-electron chi connectivity index (χ0n) is 18.5. The highest BCUT2D eigenvalue weighted by atomic mass is 35.5. The predicted octanol–water partition coefficient (Wildman–Crippen LogP) is 3.17. The van der Waals surface area contributed by atoms with Crippen LogP contribution < -0.4 is 10.9 Å². The fourth-order valence-electron chi connectivity index (χ4n) is 3.79. The molecule has 0 spiro atoms. The maximum atomic E-state index is 12.8. The molecule has 1 aliphatic rings. The van der Waals surface area contributed by atoms with Crippen LogP contribution in [0.3, 0.4) is 0 Å². The minimum atomic E-state index is -3.54. The summed E-state index contributed by atoms with van der Waals surface area (Å²) in [5.41, 5.74) is 1.50. The molecule has 8 nitrogen and oxygen atoms in total. The third kappa shape index (κ3) is 5.55. The average Bonchev–Trinajstić information content (AvgIpc) is 2.86. The maximum Gasteiger partial charge on any atom is 0.266 e. The van der Waals surface area contributed by atoms with E-state index in [0.717, 1.165) is 24.8 Å². The lowest BCUT2D eigenvalue weighted by Gasteiger charge is -2.25. The molecule has 0 radical (unpaired) electrons. The number of carbonyl (C=O) groups is 1. The van der Waals surface area contributed by atoms with Crippen molar-refractivity contribution in [1.82, 2.24) is 19.4 Å². The van der Waals surface area contributed by atoms with E-state index in [9.17, 15) is 18.0 Å². The van der Waals surface area contributed by atoms with Gasteiger partial charge in [-0.2, -0.15) is 9.40 Å². The van der Waals surface area contributed by atoms with Crippen LogP contribution in [0.5, 0.6) is 0 Å². The van der Waals surface area contributed by atoms with Crippen LogP contribution in [0.1, 0.15) is 29.6 Å². The Morgan fingerprint density at radius 1 is 0.941 bits per heavy atom. The quantitative estimate of drug-likeness (QED) is 0.537. The van der Waals surface area contributed by atoms with Crippen molar-refractivity contribution >= 4 is 27.5 Å². The minimum absolute atomic E-state index is 0.181. The summed E-state index contributed by atoms with van der Waals surface area (Å²) >= 11 is 5.92. The Morgan fingerprint density at radius 2 is 1.62 bits per heavy atom. The van der Waals surface area contributed by atoms with Crippen molar-refractivity contribution in [2.24, 2.45) is 0 Å². The van der Waals surface area contributed by atoms with Crippen LogP contribution >= 0.6 is 11.6 Å². The van der Waals surface area contributed by atoms with Gasteiger partial charge in [-0.15, -0.1) is 0 Å². The van der Waals surface area contributed by atoms with Gasteiger partial charge in [0.15, 0.2) is 0 Å². The predicted molar refractivity (Wildman–Crippen MR) is 130 cm³/mol. The second kappa shape index (κ2) is 10.5. The number of hydrogen-bond acceptors (Lipinski definition) is 5. The van der Waals surface area contributed by atoms with E-state index in [-0.39, 0.29) is 29.5 Å². The fourth-order valence-corrected chi connectivity index (χ4v) is 5.44. The summed E-state index contributed by atoms with van der Waals surface area (Å²) < 4.78 is 28.3. The van der Waals surface area contributed by atoms with E-state index in [1.54, 1.807) is 18.2 Å². The highest BCUT2D eigenvalue weighted by Crippen LogP contribution is 2.21. The van der Waals surface area contributed by atoms with Crippen LogP contribution in [0.4, 0.5) is 0 Å². The van der Waals surface area contributed by atoms with E-state index in [0.29, 0.717) is 29.4 Å².